The lowest BCUT2D eigenvalue weighted by molar-refractivity contribution is 0.170. The zero-order valence-electron chi connectivity index (χ0n) is 15.9. The summed E-state index contributed by atoms with van der Waals surface area (Å²) in [5.74, 6) is 1.65. The molecule has 6 nitrogen and oxygen atoms in total. The van der Waals surface area contributed by atoms with Crippen LogP contribution in [0.5, 0.6) is 11.5 Å². The number of pyridine rings is 1. The molecule has 0 N–H and O–H groups in total. The Labute approximate surface area is 163 Å². The van der Waals surface area contributed by atoms with Crippen LogP contribution in [0.4, 0.5) is 0 Å². The molecule has 5 rings (SSSR count). The Kier molecular flexibility index (Phi) is 4.28. The molecule has 1 aromatic carbocycles. The molecule has 0 amide bonds. The van der Waals surface area contributed by atoms with Crippen molar-refractivity contribution in [2.75, 3.05) is 19.8 Å². The molecule has 1 fully saturated rings. The Bertz CT molecular complexity index is 1090. The summed E-state index contributed by atoms with van der Waals surface area (Å²) in [4.78, 5) is 19.6. The van der Waals surface area contributed by atoms with Crippen LogP contribution in [0.25, 0.3) is 5.65 Å². The van der Waals surface area contributed by atoms with E-state index in [2.05, 4.69) is 17.0 Å². The minimum absolute atomic E-state index is 0.0289. The van der Waals surface area contributed by atoms with Gasteiger partial charge in [0, 0.05) is 24.8 Å². The average Bonchev–Trinajstić information content (AvgIpc) is 3.16. The van der Waals surface area contributed by atoms with Crippen molar-refractivity contribution < 1.29 is 9.47 Å². The molecule has 0 aliphatic carbocycles. The van der Waals surface area contributed by atoms with E-state index < -0.39 is 0 Å². The first-order valence-corrected chi connectivity index (χ1v) is 9.80. The number of fused-ring (bicyclic) bond motifs is 2. The van der Waals surface area contributed by atoms with Gasteiger partial charge in [0.15, 0.2) is 11.5 Å². The fourth-order valence-electron chi connectivity index (χ4n) is 4.21. The topological polar surface area (TPSA) is 56.1 Å². The van der Waals surface area contributed by atoms with Crippen molar-refractivity contribution in [1.29, 1.82) is 0 Å². The summed E-state index contributed by atoms with van der Waals surface area (Å²) in [6.45, 7) is 4.83. The predicted octanol–water partition coefficient (Wildman–Crippen LogP) is 3.11. The Morgan fingerprint density at radius 1 is 1.11 bits per heavy atom. The van der Waals surface area contributed by atoms with Crippen molar-refractivity contribution in [2.45, 2.75) is 32.4 Å². The Hall–Kier alpha value is -2.86. The standard InChI is InChI=1S/C22H23N3O3/c1-15-4-7-21-23-17(12-22(26)25(21)13-15)14-24-8-2-3-18(24)16-5-6-19-20(11-16)28-10-9-27-19/h4-7,11-13,18H,2-3,8-10,14H2,1H3. The molecule has 1 saturated heterocycles. The fourth-order valence-corrected chi connectivity index (χ4v) is 4.21. The highest BCUT2D eigenvalue weighted by atomic mass is 16.6. The van der Waals surface area contributed by atoms with Gasteiger partial charge in [0.2, 0.25) is 0 Å². The van der Waals surface area contributed by atoms with Crippen LogP contribution in [-0.4, -0.2) is 34.0 Å². The molecule has 0 radical (unpaired) electrons. The summed E-state index contributed by atoms with van der Waals surface area (Å²) in [6, 6.07) is 12.1. The highest BCUT2D eigenvalue weighted by Gasteiger charge is 2.28. The van der Waals surface area contributed by atoms with Crippen LogP contribution in [0.1, 0.15) is 35.7 Å². The summed E-state index contributed by atoms with van der Waals surface area (Å²) in [6.07, 6.45) is 4.05. The summed E-state index contributed by atoms with van der Waals surface area (Å²) < 4.78 is 13.0. The molecule has 0 spiro atoms. The molecule has 28 heavy (non-hydrogen) atoms. The van der Waals surface area contributed by atoms with Crippen molar-refractivity contribution in [3.8, 4) is 11.5 Å². The summed E-state index contributed by atoms with van der Waals surface area (Å²) in [5, 5.41) is 0. The number of aromatic nitrogens is 2. The van der Waals surface area contributed by atoms with Crippen molar-refractivity contribution in [3.05, 3.63) is 69.8 Å². The smallest absolute Gasteiger partial charge is 0.258 e. The maximum absolute atomic E-state index is 12.5. The Balaban J connectivity index is 1.42. The summed E-state index contributed by atoms with van der Waals surface area (Å²) in [5.41, 5.74) is 3.76. The number of nitrogens with zero attached hydrogens (tertiary/aromatic N) is 3. The molecule has 6 heteroatoms. The van der Waals surface area contributed by atoms with E-state index in [1.165, 1.54) is 5.56 Å². The minimum Gasteiger partial charge on any atom is -0.486 e. The van der Waals surface area contributed by atoms with Gasteiger partial charge in [-0.05, 0) is 55.6 Å². The molecule has 2 aliphatic rings. The first kappa shape index (κ1) is 17.3. The minimum atomic E-state index is -0.0289. The van der Waals surface area contributed by atoms with Crippen LogP contribution >= 0.6 is 0 Å². The number of likely N-dealkylation sites (tertiary alicyclic amines) is 1. The van der Waals surface area contributed by atoms with Gasteiger partial charge in [0.1, 0.15) is 18.9 Å². The van der Waals surface area contributed by atoms with Gasteiger partial charge in [0.25, 0.3) is 5.56 Å². The van der Waals surface area contributed by atoms with Crippen LogP contribution < -0.4 is 15.0 Å². The maximum atomic E-state index is 12.5. The monoisotopic (exact) mass is 377 g/mol. The van der Waals surface area contributed by atoms with E-state index >= 15 is 0 Å². The number of hydrogen-bond acceptors (Lipinski definition) is 5. The van der Waals surface area contributed by atoms with Gasteiger partial charge in [-0.3, -0.25) is 14.1 Å². The average molecular weight is 377 g/mol. The lowest BCUT2D eigenvalue weighted by Gasteiger charge is -2.26. The maximum Gasteiger partial charge on any atom is 0.258 e. The lowest BCUT2D eigenvalue weighted by Crippen LogP contribution is -2.25. The van der Waals surface area contributed by atoms with Crippen LogP contribution in [-0.2, 0) is 6.54 Å². The van der Waals surface area contributed by atoms with E-state index in [9.17, 15) is 4.79 Å². The van der Waals surface area contributed by atoms with Crippen LogP contribution in [0.3, 0.4) is 0 Å². The molecule has 1 atom stereocenters. The van der Waals surface area contributed by atoms with Crippen molar-refractivity contribution in [1.82, 2.24) is 14.3 Å². The second-order valence-electron chi connectivity index (χ2n) is 7.55. The van der Waals surface area contributed by atoms with Gasteiger partial charge in [-0.25, -0.2) is 4.98 Å². The van der Waals surface area contributed by atoms with Gasteiger partial charge >= 0.3 is 0 Å². The number of ether oxygens (including phenoxy) is 2. The molecule has 2 aromatic heterocycles. The largest absolute Gasteiger partial charge is 0.486 e. The van der Waals surface area contributed by atoms with E-state index in [0.29, 0.717) is 31.4 Å². The van der Waals surface area contributed by atoms with Crippen molar-refractivity contribution >= 4 is 5.65 Å². The normalized spacial score (nSPS) is 19.2. The molecule has 3 aromatic rings. The molecule has 0 saturated carbocycles. The van der Waals surface area contributed by atoms with Gasteiger partial charge in [-0.1, -0.05) is 12.1 Å². The third-order valence-corrected chi connectivity index (χ3v) is 5.54. The van der Waals surface area contributed by atoms with E-state index in [4.69, 9.17) is 14.5 Å². The third kappa shape index (κ3) is 3.14. The highest BCUT2D eigenvalue weighted by molar-refractivity contribution is 5.45. The Morgan fingerprint density at radius 3 is 2.86 bits per heavy atom. The van der Waals surface area contributed by atoms with E-state index in [1.54, 1.807) is 10.5 Å². The fraction of sp³-hybridized carbons (Fsp3) is 0.364. The van der Waals surface area contributed by atoms with Crippen molar-refractivity contribution in [3.63, 3.8) is 0 Å². The van der Waals surface area contributed by atoms with Gasteiger partial charge in [-0.15, -0.1) is 0 Å². The lowest BCUT2D eigenvalue weighted by atomic mass is 10.0. The molecule has 4 heterocycles. The molecule has 144 valence electrons. The zero-order chi connectivity index (χ0) is 19.1. The first-order valence-electron chi connectivity index (χ1n) is 9.80. The number of benzene rings is 1. The number of rotatable bonds is 3. The first-order chi connectivity index (χ1) is 13.7. The van der Waals surface area contributed by atoms with Crippen LogP contribution in [0.15, 0.2) is 47.4 Å². The molecule has 1 unspecified atom stereocenters. The zero-order valence-corrected chi connectivity index (χ0v) is 15.9. The van der Waals surface area contributed by atoms with Gasteiger partial charge < -0.3 is 9.47 Å². The van der Waals surface area contributed by atoms with E-state index in [-0.39, 0.29) is 5.56 Å². The van der Waals surface area contributed by atoms with E-state index in [1.807, 2.05) is 31.3 Å². The van der Waals surface area contributed by atoms with Crippen molar-refractivity contribution in [2.24, 2.45) is 0 Å². The van der Waals surface area contributed by atoms with Crippen LogP contribution in [0.2, 0.25) is 0 Å². The summed E-state index contributed by atoms with van der Waals surface area (Å²) >= 11 is 0. The SMILES string of the molecule is Cc1ccc2nc(CN3CCCC3c3ccc4c(c3)OCCO4)cc(=O)n2c1. The van der Waals surface area contributed by atoms with Gasteiger partial charge in [-0.2, -0.15) is 0 Å². The molecule has 0 bridgehead atoms. The van der Waals surface area contributed by atoms with E-state index in [0.717, 1.165) is 42.1 Å². The third-order valence-electron chi connectivity index (χ3n) is 5.54. The number of aryl methyl sites for hydroxylation is 1. The van der Waals surface area contributed by atoms with Crippen LogP contribution in [0, 0.1) is 6.92 Å². The predicted molar refractivity (Wildman–Crippen MR) is 106 cm³/mol. The number of hydrogen-bond donors (Lipinski definition) is 0. The summed E-state index contributed by atoms with van der Waals surface area (Å²) in [7, 11) is 0. The second-order valence-corrected chi connectivity index (χ2v) is 7.55. The van der Waals surface area contributed by atoms with Gasteiger partial charge in [0.05, 0.1) is 5.69 Å². The molecular formula is C22H23N3O3. The Morgan fingerprint density at radius 2 is 1.96 bits per heavy atom. The molecular weight excluding hydrogens is 354 g/mol. The quantitative estimate of drug-likeness (QED) is 0.702. The second kappa shape index (κ2) is 6.95. The molecule has 2 aliphatic heterocycles. The highest BCUT2D eigenvalue weighted by Crippen LogP contribution is 2.38.